The average Bonchev–Trinajstić information content (AvgIpc) is 2.32. The van der Waals surface area contributed by atoms with Crippen molar-refractivity contribution in [1.29, 1.82) is 0 Å². The van der Waals surface area contributed by atoms with Crippen LogP contribution in [0.3, 0.4) is 0 Å². The molecule has 0 saturated heterocycles. The van der Waals surface area contributed by atoms with Crippen molar-refractivity contribution in [2.75, 3.05) is 13.7 Å². The van der Waals surface area contributed by atoms with Crippen LogP contribution < -0.4 is 10.1 Å². The molecule has 0 radical (unpaired) electrons. The van der Waals surface area contributed by atoms with Crippen molar-refractivity contribution >= 4 is 0 Å². The summed E-state index contributed by atoms with van der Waals surface area (Å²) >= 11 is 0. The molecule has 1 atom stereocenters. The second kappa shape index (κ2) is 6.69. The second-order valence-electron chi connectivity index (χ2n) is 5.61. The summed E-state index contributed by atoms with van der Waals surface area (Å²) in [5.74, 6) is 0.623. The lowest BCUT2D eigenvalue weighted by Crippen LogP contribution is -2.40. The van der Waals surface area contributed by atoms with Crippen molar-refractivity contribution in [1.82, 2.24) is 15.3 Å². The Morgan fingerprint density at radius 1 is 1.33 bits per heavy atom. The molecule has 0 fully saturated rings. The van der Waals surface area contributed by atoms with Gasteiger partial charge in [0.2, 0.25) is 5.88 Å². The highest BCUT2D eigenvalue weighted by Gasteiger charge is 2.23. The molecule has 1 N–H and O–H groups in total. The number of rotatable bonds is 6. The van der Waals surface area contributed by atoms with E-state index >= 15 is 0 Å². The summed E-state index contributed by atoms with van der Waals surface area (Å²) in [5.41, 5.74) is 1.16. The van der Waals surface area contributed by atoms with Gasteiger partial charge >= 0.3 is 0 Å². The first kappa shape index (κ1) is 14.9. The van der Waals surface area contributed by atoms with Gasteiger partial charge in [-0.15, -0.1) is 0 Å². The maximum atomic E-state index is 5.50. The van der Waals surface area contributed by atoms with Crippen LogP contribution in [0.1, 0.15) is 39.8 Å². The van der Waals surface area contributed by atoms with Crippen LogP contribution in [0.4, 0.5) is 0 Å². The molecular formula is C14H25N3O. The molecule has 0 aliphatic carbocycles. The molecule has 0 aliphatic heterocycles. The molecule has 0 aliphatic rings. The minimum absolute atomic E-state index is 0.191. The maximum Gasteiger partial charge on any atom is 0.232 e. The monoisotopic (exact) mass is 251 g/mol. The van der Waals surface area contributed by atoms with Crippen LogP contribution in [0.5, 0.6) is 5.88 Å². The molecule has 1 aromatic rings. The van der Waals surface area contributed by atoms with Crippen molar-refractivity contribution in [3.63, 3.8) is 0 Å². The smallest absolute Gasteiger partial charge is 0.232 e. The first-order chi connectivity index (χ1) is 8.47. The van der Waals surface area contributed by atoms with Gasteiger partial charge in [0, 0.05) is 18.7 Å². The van der Waals surface area contributed by atoms with Gasteiger partial charge in [0.05, 0.1) is 18.5 Å². The largest absolute Gasteiger partial charge is 0.477 e. The molecule has 4 heteroatoms. The predicted octanol–water partition coefficient (Wildman–Crippen LogP) is 2.44. The summed E-state index contributed by atoms with van der Waals surface area (Å²) in [7, 11) is 1.99. The Morgan fingerprint density at radius 3 is 2.61 bits per heavy atom. The molecule has 1 unspecified atom stereocenters. The van der Waals surface area contributed by atoms with Crippen LogP contribution in [0.25, 0.3) is 0 Å². The predicted molar refractivity (Wildman–Crippen MR) is 73.8 cm³/mol. The van der Waals surface area contributed by atoms with E-state index in [0.717, 1.165) is 18.5 Å². The zero-order valence-electron chi connectivity index (χ0n) is 12.2. The molecule has 1 aromatic heterocycles. The SMILES string of the molecule is CCCOc1cncc(CC(NC)C(C)(C)C)n1. The van der Waals surface area contributed by atoms with E-state index in [2.05, 4.69) is 43.0 Å². The summed E-state index contributed by atoms with van der Waals surface area (Å²) in [5, 5.41) is 3.34. The third-order valence-electron chi connectivity index (χ3n) is 2.92. The Hall–Kier alpha value is -1.16. The Balaban J connectivity index is 2.71. The molecule has 0 saturated carbocycles. The van der Waals surface area contributed by atoms with Gasteiger partial charge in [-0.1, -0.05) is 27.7 Å². The highest BCUT2D eigenvalue weighted by molar-refractivity contribution is 5.10. The topological polar surface area (TPSA) is 47.0 Å². The zero-order valence-corrected chi connectivity index (χ0v) is 12.2. The highest BCUT2D eigenvalue weighted by Crippen LogP contribution is 2.22. The first-order valence-corrected chi connectivity index (χ1v) is 6.58. The number of hydrogen-bond donors (Lipinski definition) is 1. The molecule has 1 rings (SSSR count). The molecule has 1 heterocycles. The zero-order chi connectivity index (χ0) is 13.6. The van der Waals surface area contributed by atoms with Crippen LogP contribution in [-0.4, -0.2) is 29.7 Å². The number of hydrogen-bond acceptors (Lipinski definition) is 4. The normalized spacial score (nSPS) is 13.4. The number of likely N-dealkylation sites (N-methyl/N-ethyl adjacent to an activating group) is 1. The minimum atomic E-state index is 0.191. The summed E-state index contributed by atoms with van der Waals surface area (Å²) in [6.45, 7) is 9.43. The van der Waals surface area contributed by atoms with Crippen LogP contribution >= 0.6 is 0 Å². The Morgan fingerprint density at radius 2 is 2.06 bits per heavy atom. The molecule has 0 aromatic carbocycles. The third kappa shape index (κ3) is 4.61. The molecule has 0 spiro atoms. The van der Waals surface area contributed by atoms with Crippen molar-refractivity contribution < 1.29 is 4.74 Å². The standard InChI is InChI=1S/C14H25N3O/c1-6-7-18-13-10-16-9-11(17-13)8-12(15-5)14(2,3)4/h9-10,12,15H,6-8H2,1-5H3. The third-order valence-corrected chi connectivity index (χ3v) is 2.92. The van der Waals surface area contributed by atoms with E-state index in [1.54, 1.807) is 6.20 Å². The fourth-order valence-electron chi connectivity index (χ4n) is 1.81. The van der Waals surface area contributed by atoms with E-state index in [1.165, 1.54) is 0 Å². The summed E-state index contributed by atoms with van der Waals surface area (Å²) < 4.78 is 5.50. The van der Waals surface area contributed by atoms with Gasteiger partial charge in [-0.25, -0.2) is 4.98 Å². The number of nitrogens with one attached hydrogen (secondary N) is 1. The van der Waals surface area contributed by atoms with Crippen molar-refractivity contribution in [3.8, 4) is 5.88 Å². The van der Waals surface area contributed by atoms with Crippen molar-refractivity contribution in [2.45, 2.75) is 46.6 Å². The number of aromatic nitrogens is 2. The maximum absolute atomic E-state index is 5.50. The quantitative estimate of drug-likeness (QED) is 0.843. The van der Waals surface area contributed by atoms with E-state index in [0.29, 0.717) is 18.5 Å². The lowest BCUT2D eigenvalue weighted by atomic mass is 9.84. The van der Waals surface area contributed by atoms with Gasteiger partial charge in [0.15, 0.2) is 0 Å². The van der Waals surface area contributed by atoms with Gasteiger partial charge in [-0.05, 0) is 18.9 Å². The minimum Gasteiger partial charge on any atom is -0.477 e. The first-order valence-electron chi connectivity index (χ1n) is 6.58. The number of nitrogens with zero attached hydrogens (tertiary/aromatic N) is 2. The van der Waals surface area contributed by atoms with Crippen molar-refractivity contribution in [2.24, 2.45) is 5.41 Å². The molecular weight excluding hydrogens is 226 g/mol. The highest BCUT2D eigenvalue weighted by atomic mass is 16.5. The summed E-state index contributed by atoms with van der Waals surface area (Å²) in [6, 6.07) is 0.369. The van der Waals surface area contributed by atoms with Crippen LogP contribution in [-0.2, 0) is 6.42 Å². The average molecular weight is 251 g/mol. The van der Waals surface area contributed by atoms with Crippen LogP contribution in [0.2, 0.25) is 0 Å². The molecule has 0 bridgehead atoms. The van der Waals surface area contributed by atoms with E-state index in [9.17, 15) is 0 Å². The van der Waals surface area contributed by atoms with Gasteiger partial charge in [0.25, 0.3) is 0 Å². The van der Waals surface area contributed by atoms with Gasteiger partial charge in [-0.2, -0.15) is 0 Å². The molecule has 4 nitrogen and oxygen atoms in total. The summed E-state index contributed by atoms with van der Waals surface area (Å²) in [6.07, 6.45) is 5.32. The van der Waals surface area contributed by atoms with Crippen LogP contribution in [0, 0.1) is 5.41 Å². The molecule has 0 amide bonds. The summed E-state index contributed by atoms with van der Waals surface area (Å²) in [4.78, 5) is 8.68. The van der Waals surface area contributed by atoms with Gasteiger partial charge in [0.1, 0.15) is 0 Å². The Labute approximate surface area is 110 Å². The number of ether oxygens (including phenoxy) is 1. The van der Waals surface area contributed by atoms with E-state index in [4.69, 9.17) is 4.74 Å². The molecule has 18 heavy (non-hydrogen) atoms. The Bertz CT molecular complexity index is 360. The van der Waals surface area contributed by atoms with E-state index in [1.807, 2.05) is 13.2 Å². The molecule has 102 valence electrons. The fraction of sp³-hybridized carbons (Fsp3) is 0.714. The lowest BCUT2D eigenvalue weighted by molar-refractivity contribution is 0.274. The fourth-order valence-corrected chi connectivity index (χ4v) is 1.81. The van der Waals surface area contributed by atoms with E-state index in [-0.39, 0.29) is 5.41 Å². The lowest BCUT2D eigenvalue weighted by Gasteiger charge is -2.30. The van der Waals surface area contributed by atoms with Gasteiger partial charge in [-0.3, -0.25) is 4.98 Å². The van der Waals surface area contributed by atoms with Crippen molar-refractivity contribution in [3.05, 3.63) is 18.1 Å². The van der Waals surface area contributed by atoms with Crippen LogP contribution in [0.15, 0.2) is 12.4 Å². The van der Waals surface area contributed by atoms with E-state index < -0.39 is 0 Å². The second-order valence-corrected chi connectivity index (χ2v) is 5.61. The van der Waals surface area contributed by atoms with Gasteiger partial charge < -0.3 is 10.1 Å². The Kier molecular flexibility index (Phi) is 5.54.